The summed E-state index contributed by atoms with van der Waals surface area (Å²) in [6.45, 7) is 0. The Kier molecular flexibility index (Phi) is 6.59. The quantitative estimate of drug-likeness (QED) is 0.508. The molecular weight excluding hydrogens is 356 g/mol. The van der Waals surface area contributed by atoms with Crippen LogP contribution in [-0.2, 0) is 6.42 Å². The van der Waals surface area contributed by atoms with Crippen molar-refractivity contribution in [2.24, 2.45) is 17.8 Å². The first-order valence-corrected chi connectivity index (χ1v) is 10.6. The van der Waals surface area contributed by atoms with Crippen molar-refractivity contribution in [2.75, 3.05) is 0 Å². The van der Waals surface area contributed by atoms with E-state index in [0.717, 1.165) is 24.1 Å². The van der Waals surface area contributed by atoms with Gasteiger partial charge in [-0.15, -0.1) is 22.9 Å². The molecule has 1 aromatic heterocycles. The molecule has 2 aliphatic carbocycles. The third-order valence-corrected chi connectivity index (χ3v) is 7.34. The first kappa shape index (κ1) is 18.9. The van der Waals surface area contributed by atoms with Gasteiger partial charge in [0.25, 0.3) is 0 Å². The highest BCUT2D eigenvalue weighted by Crippen LogP contribution is 2.41. The van der Waals surface area contributed by atoms with Gasteiger partial charge in [-0.25, -0.2) is 4.79 Å². The van der Waals surface area contributed by atoms with Gasteiger partial charge in [0.2, 0.25) is 0 Å². The topological polar surface area (TPSA) is 57.5 Å². The molecule has 0 unspecified atom stereocenters. The number of alkyl halides is 1. The lowest BCUT2D eigenvalue weighted by atomic mass is 9.88. The number of rotatable bonds is 7. The van der Waals surface area contributed by atoms with Crippen molar-refractivity contribution < 1.29 is 15.0 Å². The molecule has 138 valence electrons. The van der Waals surface area contributed by atoms with E-state index in [2.05, 4.69) is 12.2 Å². The SMILES string of the molecule is O=C(O)c1ccc(CCC[C@@H]2[C@H](C=CC3CCCC3)[C@H](O)C[C@@H]2Cl)s1. The van der Waals surface area contributed by atoms with Crippen LogP contribution in [0.2, 0.25) is 0 Å². The average molecular weight is 383 g/mol. The van der Waals surface area contributed by atoms with Gasteiger partial charge in [-0.05, 0) is 62.5 Å². The molecule has 1 aromatic rings. The van der Waals surface area contributed by atoms with Gasteiger partial charge in [-0.1, -0.05) is 25.0 Å². The van der Waals surface area contributed by atoms with Gasteiger partial charge in [0, 0.05) is 16.2 Å². The molecule has 0 saturated heterocycles. The zero-order valence-corrected chi connectivity index (χ0v) is 16.0. The first-order chi connectivity index (χ1) is 12.0. The van der Waals surface area contributed by atoms with Gasteiger partial charge in [0.1, 0.15) is 4.88 Å². The van der Waals surface area contributed by atoms with E-state index in [-0.39, 0.29) is 17.4 Å². The van der Waals surface area contributed by atoms with E-state index in [1.807, 2.05) is 6.07 Å². The third-order valence-electron chi connectivity index (χ3n) is 5.71. The van der Waals surface area contributed by atoms with Crippen LogP contribution in [0.3, 0.4) is 0 Å². The third kappa shape index (κ3) is 4.87. The minimum absolute atomic E-state index is 0.0335. The summed E-state index contributed by atoms with van der Waals surface area (Å²) in [4.78, 5) is 12.5. The lowest BCUT2D eigenvalue weighted by Gasteiger charge is -2.21. The fraction of sp³-hybridized carbons (Fsp3) is 0.650. The molecule has 3 rings (SSSR count). The van der Waals surface area contributed by atoms with Crippen molar-refractivity contribution in [3.8, 4) is 0 Å². The van der Waals surface area contributed by atoms with Crippen molar-refractivity contribution in [3.05, 3.63) is 34.0 Å². The van der Waals surface area contributed by atoms with Gasteiger partial charge in [-0.3, -0.25) is 0 Å². The van der Waals surface area contributed by atoms with Crippen molar-refractivity contribution in [2.45, 2.75) is 62.8 Å². The summed E-state index contributed by atoms with van der Waals surface area (Å²) in [5.41, 5.74) is 0. The Labute approximate surface area is 158 Å². The van der Waals surface area contributed by atoms with Crippen LogP contribution in [-0.4, -0.2) is 27.7 Å². The molecule has 0 aromatic carbocycles. The molecule has 5 heteroatoms. The number of aliphatic hydroxyl groups is 1. The van der Waals surface area contributed by atoms with Crippen LogP contribution in [0.1, 0.15) is 59.5 Å². The molecule has 4 atom stereocenters. The number of aryl methyl sites for hydroxylation is 1. The normalized spacial score (nSPS) is 30.5. The van der Waals surface area contributed by atoms with Gasteiger partial charge in [0.15, 0.2) is 0 Å². The number of carboxylic acids is 1. The Balaban J connectivity index is 1.53. The van der Waals surface area contributed by atoms with Crippen molar-refractivity contribution >= 4 is 28.9 Å². The van der Waals surface area contributed by atoms with Crippen molar-refractivity contribution in [3.63, 3.8) is 0 Å². The first-order valence-electron chi connectivity index (χ1n) is 9.37. The van der Waals surface area contributed by atoms with Gasteiger partial charge >= 0.3 is 5.97 Å². The maximum Gasteiger partial charge on any atom is 0.345 e. The summed E-state index contributed by atoms with van der Waals surface area (Å²) in [5, 5.41) is 19.4. The van der Waals surface area contributed by atoms with Crippen LogP contribution in [0.25, 0.3) is 0 Å². The van der Waals surface area contributed by atoms with Crippen LogP contribution < -0.4 is 0 Å². The summed E-state index contributed by atoms with van der Waals surface area (Å²) in [7, 11) is 0. The second-order valence-corrected chi connectivity index (χ2v) is 9.18. The number of carbonyl (C=O) groups is 1. The molecule has 3 nitrogen and oxygen atoms in total. The fourth-order valence-electron chi connectivity index (χ4n) is 4.31. The lowest BCUT2D eigenvalue weighted by molar-refractivity contribution is 0.0702. The minimum Gasteiger partial charge on any atom is -0.477 e. The predicted molar refractivity (Wildman–Crippen MR) is 103 cm³/mol. The van der Waals surface area contributed by atoms with Crippen LogP contribution in [0, 0.1) is 17.8 Å². The second-order valence-electron chi connectivity index (χ2n) is 7.45. The van der Waals surface area contributed by atoms with Crippen LogP contribution in [0.4, 0.5) is 0 Å². The molecule has 2 fully saturated rings. The molecular formula is C20H27ClO3S. The zero-order chi connectivity index (χ0) is 17.8. The second kappa shape index (κ2) is 8.70. The summed E-state index contributed by atoms with van der Waals surface area (Å²) in [6.07, 6.45) is 12.9. The number of aromatic carboxylic acids is 1. The molecule has 2 aliphatic rings. The monoisotopic (exact) mass is 382 g/mol. The number of aliphatic hydroxyl groups excluding tert-OH is 1. The van der Waals surface area contributed by atoms with Gasteiger partial charge in [0.05, 0.1) is 6.10 Å². The average Bonchev–Trinajstić information content (AvgIpc) is 3.28. The van der Waals surface area contributed by atoms with Gasteiger partial charge in [-0.2, -0.15) is 0 Å². The van der Waals surface area contributed by atoms with Crippen LogP contribution in [0.5, 0.6) is 0 Å². The zero-order valence-electron chi connectivity index (χ0n) is 14.4. The highest BCUT2D eigenvalue weighted by atomic mass is 35.5. The standard InChI is InChI=1S/C20H27ClO3S/c21-17-12-18(22)16(10-8-13-4-1-2-5-13)15(17)7-3-6-14-9-11-19(25-14)20(23)24/h8-11,13,15-18,22H,1-7,12H2,(H,23,24)/t15-,16+,17+,18-/m1/s1. The molecule has 0 amide bonds. The number of hydrogen-bond acceptors (Lipinski definition) is 3. The summed E-state index contributed by atoms with van der Waals surface area (Å²) in [6, 6.07) is 3.59. The maximum atomic E-state index is 11.0. The summed E-state index contributed by atoms with van der Waals surface area (Å²) in [5.74, 6) is 0.310. The fourth-order valence-corrected chi connectivity index (χ4v) is 5.67. The van der Waals surface area contributed by atoms with E-state index >= 15 is 0 Å². The van der Waals surface area contributed by atoms with Gasteiger partial charge < -0.3 is 10.2 Å². The molecule has 1 heterocycles. The summed E-state index contributed by atoms with van der Waals surface area (Å²) >= 11 is 7.88. The summed E-state index contributed by atoms with van der Waals surface area (Å²) < 4.78 is 0. The van der Waals surface area contributed by atoms with Crippen molar-refractivity contribution in [1.29, 1.82) is 0 Å². The Bertz CT molecular complexity index is 606. The number of carboxylic acid groups (broad SMARTS) is 1. The number of thiophene rings is 1. The number of allylic oxidation sites excluding steroid dienone is 1. The molecule has 2 saturated carbocycles. The van der Waals surface area contributed by atoms with E-state index in [1.165, 1.54) is 37.0 Å². The highest BCUT2D eigenvalue weighted by Gasteiger charge is 2.39. The highest BCUT2D eigenvalue weighted by molar-refractivity contribution is 7.13. The Hall–Kier alpha value is -0.840. The molecule has 0 spiro atoms. The molecule has 0 radical (unpaired) electrons. The lowest BCUT2D eigenvalue weighted by Crippen LogP contribution is -2.19. The molecule has 0 aliphatic heterocycles. The van der Waals surface area contributed by atoms with Crippen LogP contribution >= 0.6 is 22.9 Å². The van der Waals surface area contributed by atoms with E-state index in [0.29, 0.717) is 23.1 Å². The van der Waals surface area contributed by atoms with E-state index in [4.69, 9.17) is 16.7 Å². The van der Waals surface area contributed by atoms with Crippen LogP contribution in [0.15, 0.2) is 24.3 Å². The van der Waals surface area contributed by atoms with Crippen molar-refractivity contribution in [1.82, 2.24) is 0 Å². The number of hydrogen-bond donors (Lipinski definition) is 2. The largest absolute Gasteiger partial charge is 0.477 e. The molecule has 0 bridgehead atoms. The maximum absolute atomic E-state index is 11.0. The molecule has 2 N–H and O–H groups in total. The van der Waals surface area contributed by atoms with E-state index in [1.54, 1.807) is 6.07 Å². The number of halogens is 1. The van der Waals surface area contributed by atoms with E-state index < -0.39 is 5.97 Å². The molecule has 25 heavy (non-hydrogen) atoms. The Morgan fingerprint density at radius 2 is 2.04 bits per heavy atom. The Morgan fingerprint density at radius 3 is 2.72 bits per heavy atom. The smallest absolute Gasteiger partial charge is 0.345 e. The Morgan fingerprint density at radius 1 is 1.28 bits per heavy atom. The minimum atomic E-state index is -0.854. The van der Waals surface area contributed by atoms with E-state index in [9.17, 15) is 9.90 Å². The predicted octanol–water partition coefficient (Wildman–Crippen LogP) is 5.12.